The molecule has 156 valence electrons. The van der Waals surface area contributed by atoms with Crippen molar-refractivity contribution in [1.82, 2.24) is 14.5 Å². The summed E-state index contributed by atoms with van der Waals surface area (Å²) in [6, 6.07) is 9.18. The number of hydrogen-bond acceptors (Lipinski definition) is 5. The highest BCUT2D eigenvalue weighted by molar-refractivity contribution is 5.79. The third-order valence-corrected chi connectivity index (χ3v) is 5.39. The van der Waals surface area contributed by atoms with Gasteiger partial charge in [-0.25, -0.2) is 4.79 Å². The monoisotopic (exact) mass is 400 g/mol. The molecule has 0 aliphatic carbocycles. The third kappa shape index (κ3) is 4.70. The number of benzene rings is 1. The smallest absolute Gasteiger partial charge is 0.332 e. The largest absolute Gasteiger partial charge is 0.494 e. The molecular formula is C21H28N4O4. The van der Waals surface area contributed by atoms with Crippen LogP contribution in [0.1, 0.15) is 25.3 Å². The van der Waals surface area contributed by atoms with E-state index in [0.717, 1.165) is 15.9 Å². The van der Waals surface area contributed by atoms with Crippen LogP contribution in [0.5, 0.6) is 5.75 Å². The Hall–Kier alpha value is -3.03. The van der Waals surface area contributed by atoms with Gasteiger partial charge in [-0.1, -0.05) is 12.1 Å². The first-order valence-electron chi connectivity index (χ1n) is 9.92. The Labute approximate surface area is 169 Å². The van der Waals surface area contributed by atoms with Crippen LogP contribution in [0.25, 0.3) is 0 Å². The summed E-state index contributed by atoms with van der Waals surface area (Å²) in [6.45, 7) is 4.30. The Morgan fingerprint density at radius 1 is 1.10 bits per heavy atom. The quantitative estimate of drug-likeness (QED) is 0.782. The molecule has 8 nitrogen and oxygen atoms in total. The molecule has 1 saturated heterocycles. The third-order valence-electron chi connectivity index (χ3n) is 5.39. The van der Waals surface area contributed by atoms with Crippen LogP contribution in [0.2, 0.25) is 0 Å². The number of carbonyl (C=O) groups excluding carboxylic acids is 1. The van der Waals surface area contributed by atoms with Crippen LogP contribution in [0.15, 0.2) is 39.9 Å². The molecule has 2 heterocycles. The van der Waals surface area contributed by atoms with Crippen LogP contribution >= 0.6 is 0 Å². The molecule has 0 radical (unpaired) electrons. The number of anilines is 1. The highest BCUT2D eigenvalue weighted by Crippen LogP contribution is 2.22. The minimum Gasteiger partial charge on any atom is -0.494 e. The van der Waals surface area contributed by atoms with Crippen molar-refractivity contribution in [2.45, 2.75) is 26.3 Å². The summed E-state index contributed by atoms with van der Waals surface area (Å²) in [7, 11) is 3.13. The minimum absolute atomic E-state index is 0.0383. The summed E-state index contributed by atoms with van der Waals surface area (Å²) in [6.07, 6.45) is 1.36. The molecule has 1 N–H and O–H groups in total. The maximum atomic E-state index is 12.5. The predicted octanol–water partition coefficient (Wildman–Crippen LogP) is 1.02. The van der Waals surface area contributed by atoms with Crippen molar-refractivity contribution in [1.29, 1.82) is 0 Å². The summed E-state index contributed by atoms with van der Waals surface area (Å²) in [5.41, 5.74) is 0.357. The van der Waals surface area contributed by atoms with E-state index in [1.54, 1.807) is 7.05 Å². The topological polar surface area (TPSA) is 85.6 Å². The molecule has 0 unspecified atom stereocenters. The molecule has 1 aromatic carbocycles. The number of ether oxygens (including phenoxy) is 1. The number of nitrogens with zero attached hydrogens (tertiary/aromatic N) is 3. The summed E-state index contributed by atoms with van der Waals surface area (Å²) >= 11 is 0. The van der Waals surface area contributed by atoms with Gasteiger partial charge in [0.2, 0.25) is 5.91 Å². The lowest BCUT2D eigenvalue weighted by atomic mass is 9.96. The van der Waals surface area contributed by atoms with Crippen molar-refractivity contribution in [2.24, 2.45) is 20.0 Å². The number of carbonyl (C=O) groups is 1. The summed E-state index contributed by atoms with van der Waals surface area (Å²) in [5.74, 6) is 1.39. The Morgan fingerprint density at radius 3 is 2.38 bits per heavy atom. The highest BCUT2D eigenvalue weighted by Gasteiger charge is 2.26. The van der Waals surface area contributed by atoms with Crippen LogP contribution in [0, 0.1) is 5.92 Å². The van der Waals surface area contributed by atoms with Gasteiger partial charge in [-0.3, -0.25) is 18.7 Å². The second kappa shape index (κ2) is 8.98. The van der Waals surface area contributed by atoms with E-state index in [-0.39, 0.29) is 23.1 Å². The maximum absolute atomic E-state index is 12.5. The first kappa shape index (κ1) is 20.7. The van der Waals surface area contributed by atoms with Crippen LogP contribution in [0.3, 0.4) is 0 Å². The van der Waals surface area contributed by atoms with E-state index < -0.39 is 0 Å². The SMILES string of the molecule is CCOc1ccc(CNC(=O)C2CCN(c3cc(=O)n(C)c(=O)n3C)CC2)cc1. The fourth-order valence-electron chi connectivity index (χ4n) is 3.60. The van der Waals surface area contributed by atoms with E-state index in [2.05, 4.69) is 5.32 Å². The fourth-order valence-corrected chi connectivity index (χ4v) is 3.60. The zero-order chi connectivity index (χ0) is 21.0. The molecule has 0 spiro atoms. The van der Waals surface area contributed by atoms with E-state index in [4.69, 9.17) is 4.74 Å². The van der Waals surface area contributed by atoms with E-state index in [1.807, 2.05) is 36.1 Å². The summed E-state index contributed by atoms with van der Waals surface area (Å²) in [5, 5.41) is 3.00. The van der Waals surface area contributed by atoms with Gasteiger partial charge >= 0.3 is 5.69 Å². The molecule has 1 aliphatic rings. The van der Waals surface area contributed by atoms with Gasteiger partial charge in [-0.05, 0) is 37.5 Å². The van der Waals surface area contributed by atoms with Crippen molar-refractivity contribution in [3.63, 3.8) is 0 Å². The molecule has 0 atom stereocenters. The molecule has 1 amide bonds. The number of amides is 1. The summed E-state index contributed by atoms with van der Waals surface area (Å²) in [4.78, 5) is 38.6. The van der Waals surface area contributed by atoms with Crippen LogP contribution < -0.4 is 26.2 Å². The van der Waals surface area contributed by atoms with Crippen molar-refractivity contribution in [2.75, 3.05) is 24.6 Å². The molecule has 1 aromatic heterocycles. The lowest BCUT2D eigenvalue weighted by Gasteiger charge is -2.33. The number of hydrogen-bond donors (Lipinski definition) is 1. The lowest BCUT2D eigenvalue weighted by molar-refractivity contribution is -0.125. The van der Waals surface area contributed by atoms with Crippen molar-refractivity contribution >= 4 is 11.7 Å². The number of rotatable bonds is 6. The van der Waals surface area contributed by atoms with Crippen molar-refractivity contribution < 1.29 is 9.53 Å². The zero-order valence-electron chi connectivity index (χ0n) is 17.2. The Balaban J connectivity index is 1.54. The van der Waals surface area contributed by atoms with E-state index >= 15 is 0 Å². The maximum Gasteiger partial charge on any atom is 0.332 e. The highest BCUT2D eigenvalue weighted by atomic mass is 16.5. The van der Waals surface area contributed by atoms with Crippen LogP contribution in [-0.2, 0) is 25.4 Å². The van der Waals surface area contributed by atoms with Gasteiger partial charge in [-0.15, -0.1) is 0 Å². The Kier molecular flexibility index (Phi) is 6.41. The lowest BCUT2D eigenvalue weighted by Crippen LogP contribution is -2.44. The van der Waals surface area contributed by atoms with Gasteiger partial charge in [0.25, 0.3) is 5.56 Å². The molecule has 0 saturated carbocycles. The average molecular weight is 400 g/mol. The van der Waals surface area contributed by atoms with E-state index in [0.29, 0.717) is 44.9 Å². The van der Waals surface area contributed by atoms with Crippen molar-refractivity contribution in [3.05, 3.63) is 56.7 Å². The van der Waals surface area contributed by atoms with E-state index in [1.165, 1.54) is 17.7 Å². The Bertz CT molecular complexity index is 970. The minimum atomic E-state index is -0.345. The standard InChI is InChI=1S/C21H28N4O4/c1-4-29-17-7-5-15(6-8-17)14-22-20(27)16-9-11-25(12-10-16)18-13-19(26)24(3)21(28)23(18)2/h5-8,13,16H,4,9-12,14H2,1-3H3,(H,22,27). The second-order valence-electron chi connectivity index (χ2n) is 7.30. The average Bonchev–Trinajstić information content (AvgIpc) is 2.74. The molecule has 1 fully saturated rings. The molecule has 8 heteroatoms. The molecular weight excluding hydrogens is 372 g/mol. The molecule has 2 aromatic rings. The first-order chi connectivity index (χ1) is 13.9. The normalized spacial score (nSPS) is 14.7. The summed E-state index contributed by atoms with van der Waals surface area (Å²) < 4.78 is 7.99. The fraction of sp³-hybridized carbons (Fsp3) is 0.476. The van der Waals surface area contributed by atoms with Crippen LogP contribution in [-0.4, -0.2) is 34.7 Å². The molecule has 1 aliphatic heterocycles. The zero-order valence-corrected chi connectivity index (χ0v) is 17.2. The molecule has 29 heavy (non-hydrogen) atoms. The first-order valence-corrected chi connectivity index (χ1v) is 9.92. The van der Waals surface area contributed by atoms with E-state index in [9.17, 15) is 14.4 Å². The Morgan fingerprint density at radius 2 is 1.76 bits per heavy atom. The van der Waals surface area contributed by atoms with Gasteiger partial charge in [-0.2, -0.15) is 0 Å². The van der Waals surface area contributed by atoms with Gasteiger partial charge in [0.05, 0.1) is 6.61 Å². The molecule has 3 rings (SSSR count). The van der Waals surface area contributed by atoms with Crippen LogP contribution in [0.4, 0.5) is 5.82 Å². The molecule has 0 bridgehead atoms. The number of nitrogens with one attached hydrogen (secondary N) is 1. The van der Waals surface area contributed by atoms with Gasteiger partial charge in [0.1, 0.15) is 11.6 Å². The number of aromatic nitrogens is 2. The van der Waals surface area contributed by atoms with Crippen molar-refractivity contribution in [3.8, 4) is 5.75 Å². The van der Waals surface area contributed by atoms with Gasteiger partial charge in [0, 0.05) is 45.7 Å². The van der Waals surface area contributed by atoms with Gasteiger partial charge in [0.15, 0.2) is 0 Å². The van der Waals surface area contributed by atoms with Gasteiger partial charge < -0.3 is 15.0 Å². The predicted molar refractivity (Wildman–Crippen MR) is 111 cm³/mol. The second-order valence-corrected chi connectivity index (χ2v) is 7.30. The number of piperidine rings is 1.